The molecule has 1 aromatic rings. The molecule has 2 amide bonds. The van der Waals surface area contributed by atoms with Gasteiger partial charge in [-0.2, -0.15) is 0 Å². The maximum atomic E-state index is 12.0. The molecule has 0 bridgehead atoms. The number of ether oxygens (including phenoxy) is 2. The van der Waals surface area contributed by atoms with Crippen LogP contribution in [0.4, 0.5) is 9.59 Å². The summed E-state index contributed by atoms with van der Waals surface area (Å²) in [7, 11) is 0. The molecule has 1 saturated heterocycles. The van der Waals surface area contributed by atoms with Gasteiger partial charge in [0.05, 0.1) is 13.1 Å². The van der Waals surface area contributed by atoms with E-state index in [2.05, 4.69) is 11.8 Å². The number of nitrogens with two attached hydrogens (primary N) is 1. The predicted molar refractivity (Wildman–Crippen MR) is 84.5 cm³/mol. The van der Waals surface area contributed by atoms with E-state index in [0.717, 1.165) is 5.56 Å². The fourth-order valence-corrected chi connectivity index (χ4v) is 2.10. The molecule has 0 aliphatic carbocycles. The minimum atomic E-state index is -1.08. The van der Waals surface area contributed by atoms with Crippen LogP contribution in [0.25, 0.3) is 0 Å². The van der Waals surface area contributed by atoms with Gasteiger partial charge in [-0.1, -0.05) is 24.1 Å². The first kappa shape index (κ1) is 16.7. The zero-order valence-corrected chi connectivity index (χ0v) is 13.5. The Balaban J connectivity index is 2.08. The second-order valence-electron chi connectivity index (χ2n) is 6.37. The zero-order valence-electron chi connectivity index (χ0n) is 13.5. The van der Waals surface area contributed by atoms with E-state index in [1.807, 2.05) is 30.3 Å². The van der Waals surface area contributed by atoms with Crippen LogP contribution >= 0.6 is 0 Å². The number of nitrogens with zero attached hydrogens (tertiary/aromatic N) is 1. The van der Waals surface area contributed by atoms with Crippen molar-refractivity contribution in [1.29, 1.82) is 0 Å². The summed E-state index contributed by atoms with van der Waals surface area (Å²) in [6.45, 7) is 5.61. The summed E-state index contributed by atoms with van der Waals surface area (Å²) in [6, 6.07) is 9.29. The third-order valence-electron chi connectivity index (χ3n) is 3.05. The summed E-state index contributed by atoms with van der Waals surface area (Å²) in [5.41, 5.74) is 4.23. The number of rotatable bonds is 1. The summed E-state index contributed by atoms with van der Waals surface area (Å²) in [5, 5.41) is 0. The normalized spacial score (nSPS) is 15.7. The Morgan fingerprint density at radius 1 is 1.22 bits per heavy atom. The first-order chi connectivity index (χ1) is 10.7. The lowest BCUT2D eigenvalue weighted by Crippen LogP contribution is -2.65. The van der Waals surface area contributed by atoms with Crippen molar-refractivity contribution in [1.82, 2.24) is 4.90 Å². The van der Waals surface area contributed by atoms with E-state index >= 15 is 0 Å². The number of hydrogen-bond acceptors (Lipinski definition) is 4. The minimum Gasteiger partial charge on any atom is -0.444 e. The zero-order chi connectivity index (χ0) is 17.1. The molecule has 23 heavy (non-hydrogen) atoms. The van der Waals surface area contributed by atoms with Gasteiger partial charge < -0.3 is 15.2 Å². The van der Waals surface area contributed by atoms with Crippen molar-refractivity contribution >= 4 is 12.2 Å². The highest BCUT2D eigenvalue weighted by Gasteiger charge is 2.48. The Morgan fingerprint density at radius 3 is 2.35 bits per heavy atom. The standard InChI is InChI=1S/C17H20N2O4/c1-16(2,3)23-15(21)19-11-17(12-19,22-14(18)20)10-9-13-7-5-4-6-8-13/h4-8H,11-12H2,1-3H3,(H2,18,20). The smallest absolute Gasteiger partial charge is 0.410 e. The van der Waals surface area contributed by atoms with Gasteiger partial charge in [0.1, 0.15) is 5.60 Å². The first-order valence-corrected chi connectivity index (χ1v) is 7.24. The highest BCUT2D eigenvalue weighted by atomic mass is 16.6. The summed E-state index contributed by atoms with van der Waals surface area (Å²) in [4.78, 5) is 24.5. The van der Waals surface area contributed by atoms with E-state index in [9.17, 15) is 9.59 Å². The lowest BCUT2D eigenvalue weighted by molar-refractivity contribution is -0.0679. The lowest BCUT2D eigenvalue weighted by Gasteiger charge is -2.45. The molecule has 6 heteroatoms. The Morgan fingerprint density at radius 2 is 1.83 bits per heavy atom. The highest BCUT2D eigenvalue weighted by Crippen LogP contribution is 2.27. The Kier molecular flexibility index (Phi) is 4.50. The first-order valence-electron chi connectivity index (χ1n) is 7.24. The van der Waals surface area contributed by atoms with Crippen LogP contribution in [-0.2, 0) is 9.47 Å². The number of benzene rings is 1. The van der Waals surface area contributed by atoms with E-state index in [4.69, 9.17) is 15.2 Å². The Labute approximate surface area is 135 Å². The van der Waals surface area contributed by atoms with Crippen molar-refractivity contribution in [2.75, 3.05) is 13.1 Å². The average molecular weight is 316 g/mol. The van der Waals surface area contributed by atoms with Gasteiger partial charge in [-0.15, -0.1) is 0 Å². The fraction of sp³-hybridized carbons (Fsp3) is 0.412. The van der Waals surface area contributed by atoms with Crippen molar-refractivity contribution in [3.8, 4) is 11.8 Å². The van der Waals surface area contributed by atoms with Crippen LogP contribution in [0.1, 0.15) is 26.3 Å². The number of likely N-dealkylation sites (tertiary alicyclic amines) is 1. The van der Waals surface area contributed by atoms with Crippen LogP contribution in [0, 0.1) is 11.8 Å². The third-order valence-corrected chi connectivity index (χ3v) is 3.05. The number of carbonyl (C=O) groups is 2. The second kappa shape index (κ2) is 6.21. The molecular formula is C17H20N2O4. The Bertz CT molecular complexity index is 647. The van der Waals surface area contributed by atoms with E-state index in [0.29, 0.717) is 0 Å². The van der Waals surface area contributed by atoms with Gasteiger partial charge in [-0.25, -0.2) is 9.59 Å². The van der Waals surface area contributed by atoms with Gasteiger partial charge in [-0.05, 0) is 38.8 Å². The van der Waals surface area contributed by atoms with E-state index in [1.54, 1.807) is 20.8 Å². The van der Waals surface area contributed by atoms with Crippen molar-refractivity contribution < 1.29 is 19.1 Å². The molecule has 1 aliphatic heterocycles. The van der Waals surface area contributed by atoms with Gasteiger partial charge in [0.2, 0.25) is 5.60 Å². The topological polar surface area (TPSA) is 81.9 Å². The van der Waals surface area contributed by atoms with Crippen LogP contribution < -0.4 is 5.73 Å². The van der Waals surface area contributed by atoms with Crippen molar-refractivity contribution in [2.45, 2.75) is 32.0 Å². The summed E-state index contributed by atoms with van der Waals surface area (Å²) in [6.07, 6.45) is -1.39. The van der Waals surface area contributed by atoms with Crippen molar-refractivity contribution in [3.05, 3.63) is 35.9 Å². The largest absolute Gasteiger partial charge is 0.444 e. The molecule has 0 atom stereocenters. The highest BCUT2D eigenvalue weighted by molar-refractivity contribution is 5.72. The van der Waals surface area contributed by atoms with Crippen LogP contribution in [0.2, 0.25) is 0 Å². The molecule has 1 aliphatic rings. The molecule has 0 spiro atoms. The number of hydrogen-bond donors (Lipinski definition) is 1. The molecule has 122 valence electrons. The van der Waals surface area contributed by atoms with Crippen LogP contribution in [-0.4, -0.2) is 41.4 Å². The van der Waals surface area contributed by atoms with E-state index < -0.39 is 23.4 Å². The third kappa shape index (κ3) is 4.65. The molecule has 0 radical (unpaired) electrons. The van der Waals surface area contributed by atoms with Gasteiger partial charge in [0.25, 0.3) is 0 Å². The SMILES string of the molecule is CC(C)(C)OC(=O)N1CC(C#Cc2ccccc2)(OC(N)=O)C1. The quantitative estimate of drug-likeness (QED) is 0.805. The molecule has 1 fully saturated rings. The van der Waals surface area contributed by atoms with Crippen LogP contribution in [0.3, 0.4) is 0 Å². The monoisotopic (exact) mass is 316 g/mol. The van der Waals surface area contributed by atoms with Gasteiger partial charge in [0, 0.05) is 5.56 Å². The van der Waals surface area contributed by atoms with Crippen LogP contribution in [0.5, 0.6) is 0 Å². The maximum Gasteiger partial charge on any atom is 0.410 e. The maximum absolute atomic E-state index is 12.0. The molecule has 0 aromatic heterocycles. The molecule has 2 N–H and O–H groups in total. The molecule has 0 saturated carbocycles. The minimum absolute atomic E-state index is 0.130. The number of amides is 2. The summed E-state index contributed by atoms with van der Waals surface area (Å²) < 4.78 is 10.4. The van der Waals surface area contributed by atoms with E-state index in [-0.39, 0.29) is 13.1 Å². The molecule has 1 aromatic carbocycles. The van der Waals surface area contributed by atoms with Crippen molar-refractivity contribution in [3.63, 3.8) is 0 Å². The number of carbonyl (C=O) groups excluding carboxylic acids is 2. The lowest BCUT2D eigenvalue weighted by atomic mass is 9.94. The fourth-order valence-electron chi connectivity index (χ4n) is 2.10. The summed E-state index contributed by atoms with van der Waals surface area (Å²) in [5.74, 6) is 5.84. The van der Waals surface area contributed by atoms with Crippen LogP contribution in [0.15, 0.2) is 30.3 Å². The van der Waals surface area contributed by atoms with E-state index in [1.165, 1.54) is 4.90 Å². The van der Waals surface area contributed by atoms with Crippen molar-refractivity contribution in [2.24, 2.45) is 5.73 Å². The second-order valence-corrected chi connectivity index (χ2v) is 6.37. The summed E-state index contributed by atoms with van der Waals surface area (Å²) >= 11 is 0. The predicted octanol–water partition coefficient (Wildman–Crippen LogP) is 2.12. The molecule has 6 nitrogen and oxygen atoms in total. The van der Waals surface area contributed by atoms with Gasteiger partial charge in [0.15, 0.2) is 0 Å². The Hall–Kier alpha value is -2.68. The molecule has 0 unspecified atom stereocenters. The van der Waals surface area contributed by atoms with Gasteiger partial charge in [-0.3, -0.25) is 4.90 Å². The van der Waals surface area contributed by atoms with Gasteiger partial charge >= 0.3 is 12.2 Å². The number of primary amides is 1. The molecule has 1 heterocycles. The molecular weight excluding hydrogens is 296 g/mol. The molecule has 2 rings (SSSR count). The average Bonchev–Trinajstić information content (AvgIpc) is 2.39.